The predicted octanol–water partition coefficient (Wildman–Crippen LogP) is 1.85. The summed E-state index contributed by atoms with van der Waals surface area (Å²) in [7, 11) is 0. The van der Waals surface area contributed by atoms with E-state index >= 15 is 0 Å². The van der Waals surface area contributed by atoms with Gasteiger partial charge in [-0.05, 0) is 12.1 Å². The molecule has 0 saturated carbocycles. The Kier molecular flexibility index (Phi) is 7.36. The third-order valence-corrected chi connectivity index (χ3v) is 6.37. The molecular formula is C25H28FN11O2. The van der Waals surface area contributed by atoms with E-state index in [0.29, 0.717) is 62.9 Å². The fraction of sp³-hybridized carbons (Fsp3) is 0.360. The van der Waals surface area contributed by atoms with Crippen molar-refractivity contribution < 1.29 is 13.9 Å². The molecule has 6 rings (SSSR count). The quantitative estimate of drug-likeness (QED) is 0.343. The van der Waals surface area contributed by atoms with Crippen LogP contribution in [0.5, 0.6) is 11.5 Å². The first kappa shape index (κ1) is 24.9. The van der Waals surface area contributed by atoms with E-state index in [0.717, 1.165) is 18.8 Å². The van der Waals surface area contributed by atoms with Crippen LogP contribution in [0.4, 0.5) is 27.9 Å². The zero-order valence-corrected chi connectivity index (χ0v) is 21.1. The molecule has 5 heterocycles. The summed E-state index contributed by atoms with van der Waals surface area (Å²) in [5, 5.41) is 10.9. The van der Waals surface area contributed by atoms with Gasteiger partial charge in [0.05, 0.1) is 43.5 Å². The lowest BCUT2D eigenvalue weighted by molar-refractivity contribution is 0.0161. The molecule has 0 radical (unpaired) electrons. The molecule has 2 saturated heterocycles. The molecule has 0 spiro atoms. The van der Waals surface area contributed by atoms with E-state index in [1.807, 2.05) is 10.9 Å². The largest absolute Gasteiger partial charge is 0.451 e. The van der Waals surface area contributed by atoms with Crippen molar-refractivity contribution in [2.45, 2.75) is 12.6 Å². The standard InChI is InChI=1S/C25H28FN11O2/c26-21-3-1-2-4-22(21)39-19-13-28-24(29-14-19)35-6-8-36(9-7-35)25-31-17-30-23(34-25)33-18-11-32-37(15-18)16-20-12-27-5-10-38-20/h1-4,11,13-15,17,20,27H,5-10,12,16H2,(H,30,31,33,34). The summed E-state index contributed by atoms with van der Waals surface area (Å²) < 4.78 is 27.0. The maximum atomic E-state index is 13.8. The van der Waals surface area contributed by atoms with Crippen LogP contribution in [0.3, 0.4) is 0 Å². The monoisotopic (exact) mass is 533 g/mol. The lowest BCUT2D eigenvalue weighted by Crippen LogP contribution is -2.47. The van der Waals surface area contributed by atoms with Crippen LogP contribution in [0.2, 0.25) is 0 Å². The number of aromatic nitrogens is 7. The van der Waals surface area contributed by atoms with E-state index in [9.17, 15) is 4.39 Å². The number of piperazine rings is 1. The van der Waals surface area contributed by atoms with Crippen LogP contribution >= 0.6 is 0 Å². The number of benzene rings is 1. The number of ether oxygens (including phenoxy) is 2. The molecule has 2 fully saturated rings. The average molecular weight is 534 g/mol. The first-order valence-corrected chi connectivity index (χ1v) is 12.7. The Labute approximate surface area is 224 Å². The third-order valence-electron chi connectivity index (χ3n) is 6.37. The number of anilines is 4. The Morgan fingerprint density at radius 2 is 1.79 bits per heavy atom. The molecule has 0 amide bonds. The summed E-state index contributed by atoms with van der Waals surface area (Å²) in [4.78, 5) is 26.2. The minimum Gasteiger partial charge on any atom is -0.451 e. The van der Waals surface area contributed by atoms with Gasteiger partial charge in [0.1, 0.15) is 6.33 Å². The highest BCUT2D eigenvalue weighted by molar-refractivity contribution is 5.51. The second kappa shape index (κ2) is 11.5. The van der Waals surface area contributed by atoms with Gasteiger partial charge in [-0.25, -0.2) is 24.3 Å². The second-order valence-corrected chi connectivity index (χ2v) is 9.11. The minimum absolute atomic E-state index is 0.101. The SMILES string of the molecule is Fc1ccccc1Oc1cnc(N2CCN(c3ncnc(Nc4cnn(CC5CNCCO5)c4)n3)CC2)nc1. The lowest BCUT2D eigenvalue weighted by Gasteiger charge is -2.34. The lowest BCUT2D eigenvalue weighted by atomic mass is 10.3. The average Bonchev–Trinajstić information content (AvgIpc) is 3.42. The molecule has 1 aromatic carbocycles. The van der Waals surface area contributed by atoms with Crippen LogP contribution in [0.1, 0.15) is 0 Å². The van der Waals surface area contributed by atoms with Gasteiger partial charge in [0.2, 0.25) is 17.8 Å². The zero-order chi connectivity index (χ0) is 26.4. The minimum atomic E-state index is -0.438. The molecule has 202 valence electrons. The van der Waals surface area contributed by atoms with Gasteiger partial charge in [-0.2, -0.15) is 10.1 Å². The number of hydrogen-bond donors (Lipinski definition) is 2. The maximum absolute atomic E-state index is 13.8. The summed E-state index contributed by atoms with van der Waals surface area (Å²) in [5.41, 5.74) is 0.792. The molecule has 14 heteroatoms. The number of nitrogens with zero attached hydrogens (tertiary/aromatic N) is 9. The first-order valence-electron chi connectivity index (χ1n) is 12.7. The fourth-order valence-corrected chi connectivity index (χ4v) is 4.39. The topological polar surface area (TPSA) is 131 Å². The number of morpholine rings is 1. The summed E-state index contributed by atoms with van der Waals surface area (Å²) in [6.45, 7) is 5.83. The van der Waals surface area contributed by atoms with Crippen molar-refractivity contribution in [3.63, 3.8) is 0 Å². The molecule has 0 aliphatic carbocycles. The van der Waals surface area contributed by atoms with Crippen LogP contribution in [0.15, 0.2) is 55.4 Å². The van der Waals surface area contributed by atoms with Gasteiger partial charge in [0.25, 0.3) is 0 Å². The third kappa shape index (κ3) is 6.18. The number of rotatable bonds is 8. The molecule has 13 nitrogen and oxygen atoms in total. The van der Waals surface area contributed by atoms with E-state index in [4.69, 9.17) is 9.47 Å². The molecule has 2 N–H and O–H groups in total. The Morgan fingerprint density at radius 1 is 1.00 bits per heavy atom. The highest BCUT2D eigenvalue weighted by atomic mass is 19.1. The van der Waals surface area contributed by atoms with Crippen molar-refractivity contribution in [1.29, 1.82) is 0 Å². The first-order chi connectivity index (χ1) is 19.2. The van der Waals surface area contributed by atoms with Gasteiger partial charge in [-0.1, -0.05) is 12.1 Å². The van der Waals surface area contributed by atoms with Crippen molar-refractivity contribution >= 4 is 23.5 Å². The van der Waals surface area contributed by atoms with Gasteiger partial charge in [-0.15, -0.1) is 0 Å². The van der Waals surface area contributed by atoms with Crippen LogP contribution in [0, 0.1) is 5.82 Å². The predicted molar refractivity (Wildman–Crippen MR) is 141 cm³/mol. The van der Waals surface area contributed by atoms with E-state index in [1.165, 1.54) is 12.4 Å². The van der Waals surface area contributed by atoms with Gasteiger partial charge in [0, 0.05) is 45.5 Å². The highest BCUT2D eigenvalue weighted by Crippen LogP contribution is 2.24. The number of halogens is 1. The van der Waals surface area contributed by atoms with Crippen molar-refractivity contribution in [1.82, 2.24) is 40.0 Å². The molecule has 1 unspecified atom stereocenters. The number of hydrogen-bond acceptors (Lipinski definition) is 12. The highest BCUT2D eigenvalue weighted by Gasteiger charge is 2.22. The van der Waals surface area contributed by atoms with Crippen LogP contribution in [-0.4, -0.2) is 86.7 Å². The summed E-state index contributed by atoms with van der Waals surface area (Å²) in [5.74, 6) is 1.70. The maximum Gasteiger partial charge on any atom is 0.232 e. The van der Waals surface area contributed by atoms with E-state index < -0.39 is 5.82 Å². The van der Waals surface area contributed by atoms with Gasteiger partial charge >= 0.3 is 0 Å². The number of para-hydroxylation sites is 1. The molecular weight excluding hydrogens is 505 g/mol. The van der Waals surface area contributed by atoms with Gasteiger partial charge in [0.15, 0.2) is 17.3 Å². The molecule has 1 atom stereocenters. The van der Waals surface area contributed by atoms with Crippen molar-refractivity contribution in [3.8, 4) is 11.5 Å². The van der Waals surface area contributed by atoms with Crippen LogP contribution in [-0.2, 0) is 11.3 Å². The molecule has 0 bridgehead atoms. The van der Waals surface area contributed by atoms with Crippen molar-refractivity contribution in [2.75, 3.05) is 61.0 Å². The second-order valence-electron chi connectivity index (χ2n) is 9.11. The fourth-order valence-electron chi connectivity index (χ4n) is 4.39. The Bertz CT molecular complexity index is 1370. The van der Waals surface area contributed by atoms with Crippen LogP contribution in [0.25, 0.3) is 0 Å². The Balaban J connectivity index is 1.02. The van der Waals surface area contributed by atoms with E-state index in [-0.39, 0.29) is 11.9 Å². The summed E-state index contributed by atoms with van der Waals surface area (Å²) in [6.07, 6.45) is 8.35. The van der Waals surface area contributed by atoms with Crippen molar-refractivity contribution in [3.05, 3.63) is 61.2 Å². The molecule has 4 aromatic rings. The molecule has 39 heavy (non-hydrogen) atoms. The Morgan fingerprint density at radius 3 is 2.56 bits per heavy atom. The smallest absolute Gasteiger partial charge is 0.232 e. The van der Waals surface area contributed by atoms with E-state index in [2.05, 4.69) is 50.5 Å². The molecule has 2 aliphatic rings. The van der Waals surface area contributed by atoms with Crippen LogP contribution < -0.4 is 25.2 Å². The summed E-state index contributed by atoms with van der Waals surface area (Å²) in [6, 6.07) is 6.22. The van der Waals surface area contributed by atoms with E-state index in [1.54, 1.807) is 36.8 Å². The normalized spacial score (nSPS) is 17.7. The molecule has 3 aromatic heterocycles. The number of nitrogens with one attached hydrogen (secondary N) is 2. The van der Waals surface area contributed by atoms with Gasteiger partial charge in [-0.3, -0.25) is 4.68 Å². The van der Waals surface area contributed by atoms with Gasteiger partial charge < -0.3 is 29.9 Å². The zero-order valence-electron chi connectivity index (χ0n) is 21.1. The summed E-state index contributed by atoms with van der Waals surface area (Å²) >= 11 is 0. The molecule has 2 aliphatic heterocycles. The van der Waals surface area contributed by atoms with Crippen molar-refractivity contribution in [2.24, 2.45) is 0 Å². The Hall–Kier alpha value is -4.43.